The van der Waals surface area contributed by atoms with Crippen LogP contribution in [0.5, 0.6) is 17.4 Å². The summed E-state index contributed by atoms with van der Waals surface area (Å²) in [6.07, 6.45) is 1.76. The number of likely N-dealkylation sites (tertiary alicyclic amines) is 1. The van der Waals surface area contributed by atoms with E-state index in [1.165, 1.54) is 12.0 Å². The van der Waals surface area contributed by atoms with Crippen molar-refractivity contribution in [2.75, 3.05) is 46.5 Å². The minimum atomic E-state index is -0.590. The number of hydrogen-bond acceptors (Lipinski definition) is 7. The fourth-order valence-corrected chi connectivity index (χ4v) is 4.98. The molecular formula is C27H33N3O4. The van der Waals surface area contributed by atoms with Crippen LogP contribution in [0.4, 0.5) is 0 Å². The van der Waals surface area contributed by atoms with Crippen molar-refractivity contribution in [2.45, 2.75) is 25.5 Å². The van der Waals surface area contributed by atoms with E-state index in [1.54, 1.807) is 7.11 Å². The molecule has 0 amide bonds. The average molecular weight is 464 g/mol. The Morgan fingerprint density at radius 2 is 2.03 bits per heavy atom. The zero-order chi connectivity index (χ0) is 23.3. The van der Waals surface area contributed by atoms with Crippen LogP contribution in [-0.2, 0) is 6.54 Å². The molecule has 2 atom stereocenters. The summed E-state index contributed by atoms with van der Waals surface area (Å²) < 4.78 is 16.6. The van der Waals surface area contributed by atoms with Crippen LogP contribution < -0.4 is 19.5 Å². The highest BCUT2D eigenvalue weighted by molar-refractivity contribution is 5.82. The zero-order valence-corrected chi connectivity index (χ0v) is 19.7. The summed E-state index contributed by atoms with van der Waals surface area (Å²) in [7, 11) is 1.61. The quantitative estimate of drug-likeness (QED) is 0.529. The normalized spacial score (nSPS) is 19.2. The molecule has 1 fully saturated rings. The first kappa shape index (κ1) is 22.9. The molecule has 180 valence electrons. The molecule has 0 bridgehead atoms. The Balaban J connectivity index is 1.15. The number of benzene rings is 2. The number of nitrogens with one attached hydrogen (secondary N) is 1. The molecule has 0 aliphatic carbocycles. The highest BCUT2D eigenvalue weighted by Gasteiger charge is 2.23. The molecule has 2 aliphatic heterocycles. The number of ether oxygens (including phenoxy) is 3. The van der Waals surface area contributed by atoms with Gasteiger partial charge in [0.05, 0.1) is 18.7 Å². The maximum Gasteiger partial charge on any atom is 0.213 e. The summed E-state index contributed by atoms with van der Waals surface area (Å²) in [6.45, 7) is 5.58. The maximum absolute atomic E-state index is 11.1. The van der Waals surface area contributed by atoms with Crippen molar-refractivity contribution in [3.63, 3.8) is 0 Å². The first-order chi connectivity index (χ1) is 16.7. The van der Waals surface area contributed by atoms with Crippen molar-refractivity contribution in [1.82, 2.24) is 15.2 Å². The molecule has 1 saturated heterocycles. The van der Waals surface area contributed by atoms with Crippen molar-refractivity contribution in [3.05, 3.63) is 59.7 Å². The lowest BCUT2D eigenvalue weighted by Crippen LogP contribution is -2.41. The summed E-state index contributed by atoms with van der Waals surface area (Å²) in [5.74, 6) is 2.79. The van der Waals surface area contributed by atoms with Crippen LogP contribution in [0.2, 0.25) is 0 Å². The predicted molar refractivity (Wildman–Crippen MR) is 132 cm³/mol. The van der Waals surface area contributed by atoms with Gasteiger partial charge in [-0.1, -0.05) is 24.3 Å². The topological polar surface area (TPSA) is 76.1 Å². The Kier molecular flexibility index (Phi) is 7.13. The summed E-state index contributed by atoms with van der Waals surface area (Å²) in [5.41, 5.74) is 2.87. The molecule has 1 aromatic heterocycles. The van der Waals surface area contributed by atoms with E-state index in [-0.39, 0.29) is 0 Å². The molecule has 5 rings (SSSR count). The minimum absolute atomic E-state index is 0.559. The van der Waals surface area contributed by atoms with Crippen LogP contribution >= 0.6 is 0 Å². The van der Waals surface area contributed by atoms with Gasteiger partial charge in [-0.05, 0) is 55.6 Å². The van der Waals surface area contributed by atoms with Crippen molar-refractivity contribution in [2.24, 2.45) is 5.92 Å². The van der Waals surface area contributed by atoms with Gasteiger partial charge in [-0.3, -0.25) is 0 Å². The number of piperidine rings is 1. The summed E-state index contributed by atoms with van der Waals surface area (Å²) in [4.78, 5) is 6.97. The number of nitrogens with zero attached hydrogens (tertiary/aromatic N) is 2. The van der Waals surface area contributed by atoms with Gasteiger partial charge >= 0.3 is 0 Å². The second kappa shape index (κ2) is 10.6. The van der Waals surface area contributed by atoms with Crippen LogP contribution in [-0.4, -0.2) is 61.5 Å². The number of pyridine rings is 1. The Morgan fingerprint density at radius 3 is 2.91 bits per heavy atom. The molecule has 7 heteroatoms. The van der Waals surface area contributed by atoms with Gasteiger partial charge in [0.2, 0.25) is 5.88 Å². The van der Waals surface area contributed by atoms with Gasteiger partial charge in [-0.15, -0.1) is 0 Å². The standard InChI is InChI=1S/C27H33N3O4/c1-32-26-10-8-21-5-2-6-22(27(21)29-26)23(31)18-30-11-3-4-20(17-30)16-28-15-19-7-9-24-25(14-19)34-13-12-33-24/h2,5-10,14,20,23,28,31H,3-4,11-13,15-18H2,1H3. The second-order valence-electron chi connectivity index (χ2n) is 9.17. The molecule has 0 saturated carbocycles. The number of para-hydroxylation sites is 1. The number of aromatic nitrogens is 1. The fourth-order valence-electron chi connectivity index (χ4n) is 4.98. The molecular weight excluding hydrogens is 430 g/mol. The molecule has 3 aromatic rings. The van der Waals surface area contributed by atoms with Crippen molar-refractivity contribution < 1.29 is 19.3 Å². The Labute approximate surface area is 200 Å². The van der Waals surface area contributed by atoms with Gasteiger partial charge in [-0.2, -0.15) is 0 Å². The second-order valence-corrected chi connectivity index (χ2v) is 9.17. The first-order valence-electron chi connectivity index (χ1n) is 12.1. The molecule has 0 radical (unpaired) electrons. The van der Waals surface area contributed by atoms with Gasteiger partial charge in [-0.25, -0.2) is 4.98 Å². The number of hydrogen-bond donors (Lipinski definition) is 2. The molecule has 34 heavy (non-hydrogen) atoms. The largest absolute Gasteiger partial charge is 0.486 e. The summed E-state index contributed by atoms with van der Waals surface area (Å²) >= 11 is 0. The Bertz CT molecular complexity index is 1120. The Hall–Kier alpha value is -2.87. The number of fused-ring (bicyclic) bond motifs is 2. The van der Waals surface area contributed by atoms with Crippen LogP contribution in [0.1, 0.15) is 30.1 Å². The number of aliphatic hydroxyl groups excluding tert-OH is 1. The number of aliphatic hydroxyl groups is 1. The lowest BCUT2D eigenvalue weighted by atomic mass is 9.96. The van der Waals surface area contributed by atoms with E-state index in [4.69, 9.17) is 14.2 Å². The SMILES string of the molecule is COc1ccc2cccc(C(O)CN3CCCC(CNCc4ccc5c(c4)OCCO5)C3)c2n1. The van der Waals surface area contributed by atoms with Gasteiger partial charge in [0, 0.05) is 36.7 Å². The summed E-state index contributed by atoms with van der Waals surface area (Å²) in [5, 5.41) is 15.7. The van der Waals surface area contributed by atoms with E-state index >= 15 is 0 Å². The van der Waals surface area contributed by atoms with Gasteiger partial charge in [0.1, 0.15) is 13.2 Å². The van der Waals surface area contributed by atoms with Crippen molar-refractivity contribution >= 4 is 10.9 Å². The van der Waals surface area contributed by atoms with Crippen LogP contribution in [0.3, 0.4) is 0 Å². The van der Waals surface area contributed by atoms with Crippen LogP contribution in [0.25, 0.3) is 10.9 Å². The highest BCUT2D eigenvalue weighted by atomic mass is 16.6. The third-order valence-corrected chi connectivity index (χ3v) is 6.70. The predicted octanol–water partition coefficient (Wildman–Crippen LogP) is 3.55. The zero-order valence-electron chi connectivity index (χ0n) is 19.7. The van der Waals surface area contributed by atoms with Crippen molar-refractivity contribution in [1.29, 1.82) is 0 Å². The number of methoxy groups -OCH3 is 1. The third-order valence-electron chi connectivity index (χ3n) is 6.70. The Morgan fingerprint density at radius 1 is 1.15 bits per heavy atom. The maximum atomic E-state index is 11.1. The van der Waals surface area contributed by atoms with E-state index in [2.05, 4.69) is 27.3 Å². The lowest BCUT2D eigenvalue weighted by molar-refractivity contribution is 0.0848. The van der Waals surface area contributed by atoms with E-state index in [1.807, 2.05) is 36.4 Å². The molecule has 0 spiro atoms. The van der Waals surface area contributed by atoms with E-state index in [0.717, 1.165) is 60.6 Å². The lowest BCUT2D eigenvalue weighted by Gasteiger charge is -2.34. The van der Waals surface area contributed by atoms with Crippen molar-refractivity contribution in [3.8, 4) is 17.4 Å². The van der Waals surface area contributed by atoms with E-state index in [0.29, 0.717) is 31.6 Å². The number of rotatable bonds is 8. The minimum Gasteiger partial charge on any atom is -0.486 e. The number of β-amino-alcohol motifs (C(OH)–C–C–N with tert-alkyl or cyclic N) is 1. The highest BCUT2D eigenvalue weighted by Crippen LogP contribution is 2.31. The smallest absolute Gasteiger partial charge is 0.213 e. The molecule has 2 aliphatic rings. The first-order valence-corrected chi connectivity index (χ1v) is 12.1. The fraction of sp³-hybridized carbons (Fsp3) is 0.444. The molecule has 3 heterocycles. The van der Waals surface area contributed by atoms with E-state index in [9.17, 15) is 5.11 Å². The van der Waals surface area contributed by atoms with Gasteiger partial charge < -0.3 is 29.5 Å². The molecule has 2 aromatic carbocycles. The van der Waals surface area contributed by atoms with E-state index < -0.39 is 6.10 Å². The van der Waals surface area contributed by atoms with Crippen LogP contribution in [0, 0.1) is 5.92 Å². The molecule has 7 nitrogen and oxygen atoms in total. The van der Waals surface area contributed by atoms with Gasteiger partial charge in [0.15, 0.2) is 11.5 Å². The average Bonchev–Trinajstić information content (AvgIpc) is 2.88. The monoisotopic (exact) mass is 463 g/mol. The molecule has 2 N–H and O–H groups in total. The third kappa shape index (κ3) is 5.27. The van der Waals surface area contributed by atoms with Crippen LogP contribution in [0.15, 0.2) is 48.5 Å². The molecule has 2 unspecified atom stereocenters. The summed E-state index contributed by atoms with van der Waals surface area (Å²) in [6, 6.07) is 16.0. The van der Waals surface area contributed by atoms with Gasteiger partial charge in [0.25, 0.3) is 0 Å².